The molecule has 0 aliphatic rings. The van der Waals surface area contributed by atoms with Gasteiger partial charge in [0.15, 0.2) is 6.61 Å². The van der Waals surface area contributed by atoms with Gasteiger partial charge in [0, 0.05) is 18.1 Å². The van der Waals surface area contributed by atoms with Crippen LogP contribution < -0.4 is 14.8 Å². The van der Waals surface area contributed by atoms with E-state index in [4.69, 9.17) is 21.1 Å². The Bertz CT molecular complexity index is 938. The molecule has 0 aliphatic heterocycles. The first-order chi connectivity index (χ1) is 13.7. The highest BCUT2D eigenvalue weighted by atomic mass is 79.9. The molecule has 10 heteroatoms. The SMILES string of the molecule is COCCNS(=O)(=O)c1ccc(OCC(=O)N[C@H](C)c2ccc(Br)cc2)c(Cl)c1. The maximum absolute atomic E-state index is 12.2. The zero-order chi connectivity index (χ0) is 21.4. The average Bonchev–Trinajstić information content (AvgIpc) is 2.67. The van der Waals surface area contributed by atoms with Crippen molar-refractivity contribution in [3.8, 4) is 5.75 Å². The Labute approximate surface area is 183 Å². The number of hydrogen-bond acceptors (Lipinski definition) is 5. The van der Waals surface area contributed by atoms with Crippen LogP contribution in [0.4, 0.5) is 0 Å². The van der Waals surface area contributed by atoms with Crippen LogP contribution in [0.5, 0.6) is 5.75 Å². The zero-order valence-electron chi connectivity index (χ0n) is 15.9. The van der Waals surface area contributed by atoms with E-state index in [1.54, 1.807) is 0 Å². The minimum Gasteiger partial charge on any atom is -0.482 e. The highest BCUT2D eigenvalue weighted by Gasteiger charge is 2.16. The lowest BCUT2D eigenvalue weighted by Crippen LogP contribution is -2.31. The van der Waals surface area contributed by atoms with E-state index in [2.05, 4.69) is 26.0 Å². The Morgan fingerprint density at radius 2 is 1.90 bits per heavy atom. The summed E-state index contributed by atoms with van der Waals surface area (Å²) in [5.41, 5.74) is 0.954. The third-order valence-corrected chi connectivity index (χ3v) is 6.20. The number of benzene rings is 2. The summed E-state index contributed by atoms with van der Waals surface area (Å²) >= 11 is 9.49. The molecule has 0 bridgehead atoms. The van der Waals surface area contributed by atoms with Crippen LogP contribution in [-0.4, -0.2) is 41.2 Å². The van der Waals surface area contributed by atoms with Gasteiger partial charge < -0.3 is 14.8 Å². The summed E-state index contributed by atoms with van der Waals surface area (Å²) in [4.78, 5) is 12.1. The summed E-state index contributed by atoms with van der Waals surface area (Å²) in [5.74, 6) is -0.108. The molecule has 0 saturated heterocycles. The van der Waals surface area contributed by atoms with Crippen molar-refractivity contribution in [2.45, 2.75) is 17.9 Å². The van der Waals surface area contributed by atoms with Crippen LogP contribution in [-0.2, 0) is 19.6 Å². The molecular formula is C19H22BrClN2O5S. The number of carbonyl (C=O) groups excluding carboxylic acids is 1. The lowest BCUT2D eigenvalue weighted by Gasteiger charge is -2.15. The second-order valence-corrected chi connectivity index (χ2v) is 9.20. The summed E-state index contributed by atoms with van der Waals surface area (Å²) in [5, 5.41) is 2.92. The summed E-state index contributed by atoms with van der Waals surface area (Å²) < 4.78 is 38.0. The lowest BCUT2D eigenvalue weighted by molar-refractivity contribution is -0.123. The van der Waals surface area contributed by atoms with E-state index in [1.807, 2.05) is 31.2 Å². The molecule has 0 saturated carbocycles. The Morgan fingerprint density at radius 3 is 2.52 bits per heavy atom. The molecule has 2 aromatic rings. The molecule has 0 radical (unpaired) electrons. The summed E-state index contributed by atoms with van der Waals surface area (Å²) in [6, 6.07) is 11.5. The second-order valence-electron chi connectivity index (χ2n) is 6.11. The molecule has 7 nitrogen and oxygen atoms in total. The fourth-order valence-corrected chi connectivity index (χ4v) is 3.99. The fraction of sp³-hybridized carbons (Fsp3) is 0.316. The highest BCUT2D eigenvalue weighted by molar-refractivity contribution is 9.10. The smallest absolute Gasteiger partial charge is 0.258 e. The van der Waals surface area contributed by atoms with Crippen molar-refractivity contribution in [1.82, 2.24) is 10.0 Å². The molecule has 2 aromatic carbocycles. The van der Waals surface area contributed by atoms with Crippen LogP contribution in [0.15, 0.2) is 51.8 Å². The van der Waals surface area contributed by atoms with Gasteiger partial charge in [-0.05, 0) is 42.8 Å². The molecule has 2 N–H and O–H groups in total. The van der Waals surface area contributed by atoms with Crippen LogP contribution >= 0.6 is 27.5 Å². The number of rotatable bonds is 10. The van der Waals surface area contributed by atoms with E-state index in [-0.39, 0.29) is 47.4 Å². The first kappa shape index (κ1) is 23.6. The van der Waals surface area contributed by atoms with E-state index < -0.39 is 10.0 Å². The number of sulfonamides is 1. The molecule has 0 aromatic heterocycles. The molecular weight excluding hydrogens is 484 g/mol. The van der Waals surface area contributed by atoms with Crippen molar-refractivity contribution >= 4 is 43.5 Å². The zero-order valence-corrected chi connectivity index (χ0v) is 19.1. The van der Waals surface area contributed by atoms with Gasteiger partial charge in [-0.2, -0.15) is 0 Å². The van der Waals surface area contributed by atoms with Crippen LogP contribution in [0.2, 0.25) is 5.02 Å². The van der Waals surface area contributed by atoms with Crippen LogP contribution in [0.3, 0.4) is 0 Å². The normalized spacial score (nSPS) is 12.4. The quantitative estimate of drug-likeness (QED) is 0.483. The third-order valence-electron chi connectivity index (χ3n) is 3.92. The fourth-order valence-electron chi connectivity index (χ4n) is 2.39. The number of methoxy groups -OCH3 is 1. The van der Waals surface area contributed by atoms with Gasteiger partial charge in [0.05, 0.1) is 22.6 Å². The van der Waals surface area contributed by atoms with E-state index in [0.717, 1.165) is 10.0 Å². The van der Waals surface area contributed by atoms with Crippen molar-refractivity contribution in [1.29, 1.82) is 0 Å². The van der Waals surface area contributed by atoms with Crippen LogP contribution in [0.1, 0.15) is 18.5 Å². The average molecular weight is 506 g/mol. The summed E-state index contributed by atoms with van der Waals surface area (Å²) in [6.07, 6.45) is 0. The van der Waals surface area contributed by atoms with E-state index >= 15 is 0 Å². The Hall–Kier alpha value is -1.65. The molecule has 1 atom stereocenters. The molecule has 158 valence electrons. The molecule has 0 unspecified atom stereocenters. The summed E-state index contributed by atoms with van der Waals surface area (Å²) in [6.45, 7) is 2.01. The molecule has 0 fully saturated rings. The molecule has 1 amide bonds. The van der Waals surface area contributed by atoms with Crippen molar-refractivity contribution < 1.29 is 22.7 Å². The second kappa shape index (κ2) is 10.9. The van der Waals surface area contributed by atoms with Crippen LogP contribution in [0, 0.1) is 0 Å². The number of ether oxygens (including phenoxy) is 2. The van der Waals surface area contributed by atoms with E-state index in [9.17, 15) is 13.2 Å². The number of hydrogen-bond donors (Lipinski definition) is 2. The minimum atomic E-state index is -3.71. The Morgan fingerprint density at radius 1 is 1.21 bits per heavy atom. The monoisotopic (exact) mass is 504 g/mol. The first-order valence-electron chi connectivity index (χ1n) is 8.68. The largest absolute Gasteiger partial charge is 0.482 e. The minimum absolute atomic E-state index is 0.000680. The van der Waals surface area contributed by atoms with E-state index in [0.29, 0.717) is 0 Å². The predicted octanol–water partition coefficient (Wildman–Crippen LogP) is 3.28. The van der Waals surface area contributed by atoms with Gasteiger partial charge in [-0.15, -0.1) is 0 Å². The van der Waals surface area contributed by atoms with Gasteiger partial charge >= 0.3 is 0 Å². The van der Waals surface area contributed by atoms with Gasteiger partial charge in [0.2, 0.25) is 10.0 Å². The van der Waals surface area contributed by atoms with Crippen molar-refractivity contribution in [3.05, 3.63) is 57.5 Å². The van der Waals surface area contributed by atoms with Crippen LogP contribution in [0.25, 0.3) is 0 Å². The molecule has 2 rings (SSSR count). The maximum atomic E-state index is 12.2. The standard InChI is InChI=1S/C19H22BrClN2O5S/c1-13(14-3-5-15(20)6-4-14)23-19(24)12-28-18-8-7-16(11-17(18)21)29(25,26)22-9-10-27-2/h3-8,11,13,22H,9-10,12H2,1-2H3,(H,23,24)/t13-/m1/s1. The Balaban J connectivity index is 1.93. The number of nitrogens with one attached hydrogen (secondary N) is 2. The molecule has 29 heavy (non-hydrogen) atoms. The van der Waals surface area contributed by atoms with Crippen molar-refractivity contribution in [2.24, 2.45) is 0 Å². The van der Waals surface area contributed by atoms with Gasteiger partial charge in [-0.25, -0.2) is 13.1 Å². The predicted molar refractivity (Wildman–Crippen MR) is 115 cm³/mol. The van der Waals surface area contributed by atoms with Gasteiger partial charge in [-0.1, -0.05) is 39.7 Å². The number of halogens is 2. The lowest BCUT2D eigenvalue weighted by atomic mass is 10.1. The third kappa shape index (κ3) is 7.27. The number of amides is 1. The van der Waals surface area contributed by atoms with Gasteiger partial charge in [0.1, 0.15) is 5.75 Å². The van der Waals surface area contributed by atoms with Gasteiger partial charge in [0.25, 0.3) is 5.91 Å². The van der Waals surface area contributed by atoms with Crippen molar-refractivity contribution in [2.75, 3.05) is 26.9 Å². The first-order valence-corrected chi connectivity index (χ1v) is 11.3. The number of carbonyl (C=O) groups is 1. The molecule has 0 heterocycles. The topological polar surface area (TPSA) is 93.7 Å². The Kier molecular flexibility index (Phi) is 8.91. The molecule has 0 aliphatic carbocycles. The summed E-state index contributed by atoms with van der Waals surface area (Å²) in [7, 11) is -2.23. The highest BCUT2D eigenvalue weighted by Crippen LogP contribution is 2.27. The molecule has 0 spiro atoms. The van der Waals surface area contributed by atoms with Crippen molar-refractivity contribution in [3.63, 3.8) is 0 Å². The van der Waals surface area contributed by atoms with Gasteiger partial charge in [-0.3, -0.25) is 4.79 Å². The maximum Gasteiger partial charge on any atom is 0.258 e. The van der Waals surface area contributed by atoms with E-state index in [1.165, 1.54) is 25.3 Å².